The summed E-state index contributed by atoms with van der Waals surface area (Å²) in [6.45, 7) is 5.94. The minimum Gasteiger partial charge on any atom is -0.423 e. The Bertz CT molecular complexity index is 986. The molecule has 0 fully saturated rings. The maximum Gasteiger partial charge on any atom is 0.336 e. The van der Waals surface area contributed by atoms with Crippen LogP contribution in [0.3, 0.4) is 0 Å². The van der Waals surface area contributed by atoms with Crippen LogP contribution in [0.25, 0.3) is 11.0 Å². The van der Waals surface area contributed by atoms with Gasteiger partial charge in [-0.2, -0.15) is 0 Å². The van der Waals surface area contributed by atoms with Crippen LogP contribution in [0.15, 0.2) is 51.7 Å². The molecule has 3 rings (SSSR count). The van der Waals surface area contributed by atoms with E-state index in [0.717, 1.165) is 16.5 Å². The van der Waals surface area contributed by atoms with Gasteiger partial charge in [0.05, 0.1) is 6.42 Å². The van der Waals surface area contributed by atoms with E-state index in [1.807, 2.05) is 51.1 Å². The van der Waals surface area contributed by atoms with Gasteiger partial charge in [0.1, 0.15) is 5.58 Å². The summed E-state index contributed by atoms with van der Waals surface area (Å²) in [6.07, 6.45) is 0.303. The van der Waals surface area contributed by atoms with Crippen molar-refractivity contribution in [1.29, 1.82) is 0 Å². The zero-order valence-corrected chi connectivity index (χ0v) is 14.0. The molecular weight excluding hydrogens is 302 g/mol. The van der Waals surface area contributed by atoms with Crippen molar-refractivity contribution in [3.05, 3.63) is 75.1 Å². The number of fused-ring (bicyclic) bond motifs is 1. The average Bonchev–Trinajstić information content (AvgIpc) is 2.50. The Kier molecular flexibility index (Phi) is 4.21. The number of hydrogen-bond acceptors (Lipinski definition) is 3. The van der Waals surface area contributed by atoms with Gasteiger partial charge in [0.2, 0.25) is 5.91 Å². The van der Waals surface area contributed by atoms with E-state index in [1.165, 1.54) is 17.2 Å². The van der Waals surface area contributed by atoms with E-state index in [2.05, 4.69) is 5.32 Å². The van der Waals surface area contributed by atoms with Crippen LogP contribution in [-0.2, 0) is 11.2 Å². The highest BCUT2D eigenvalue weighted by Gasteiger charge is 2.08. The molecule has 0 spiro atoms. The van der Waals surface area contributed by atoms with Gasteiger partial charge in [-0.3, -0.25) is 4.79 Å². The van der Waals surface area contributed by atoms with Crippen molar-refractivity contribution in [2.45, 2.75) is 27.2 Å². The SMILES string of the molecule is Cc1ccc(CC(=O)Nc2ccc3c(C)cc(=O)oc3c2)cc1C. The molecule has 1 N–H and O–H groups in total. The van der Waals surface area contributed by atoms with Gasteiger partial charge in [0.15, 0.2) is 0 Å². The predicted molar refractivity (Wildman–Crippen MR) is 95.5 cm³/mol. The van der Waals surface area contributed by atoms with Gasteiger partial charge in [-0.1, -0.05) is 18.2 Å². The standard InChI is InChI=1S/C20H19NO3/c1-12-4-5-15(8-13(12)2)10-19(22)21-16-6-7-17-14(3)9-20(23)24-18(17)11-16/h4-9,11H,10H2,1-3H3,(H,21,22). The van der Waals surface area contributed by atoms with E-state index >= 15 is 0 Å². The number of nitrogens with one attached hydrogen (secondary N) is 1. The molecule has 122 valence electrons. The summed E-state index contributed by atoms with van der Waals surface area (Å²) >= 11 is 0. The Labute approximate surface area is 140 Å². The predicted octanol–water partition coefficient (Wildman–Crippen LogP) is 3.90. The first-order valence-electron chi connectivity index (χ1n) is 7.83. The molecule has 0 radical (unpaired) electrons. The molecule has 24 heavy (non-hydrogen) atoms. The van der Waals surface area contributed by atoms with Crippen molar-refractivity contribution in [2.24, 2.45) is 0 Å². The second kappa shape index (κ2) is 6.32. The van der Waals surface area contributed by atoms with Crippen LogP contribution in [0.2, 0.25) is 0 Å². The molecule has 4 heteroatoms. The highest BCUT2D eigenvalue weighted by Crippen LogP contribution is 2.21. The molecule has 0 aliphatic rings. The van der Waals surface area contributed by atoms with Gasteiger partial charge in [-0.15, -0.1) is 0 Å². The van der Waals surface area contributed by atoms with Crippen LogP contribution in [0.4, 0.5) is 5.69 Å². The Balaban J connectivity index is 1.80. The fraction of sp³-hybridized carbons (Fsp3) is 0.200. The van der Waals surface area contributed by atoms with E-state index in [0.29, 0.717) is 17.7 Å². The molecule has 0 aliphatic heterocycles. The maximum atomic E-state index is 12.2. The lowest BCUT2D eigenvalue weighted by molar-refractivity contribution is -0.115. The van der Waals surface area contributed by atoms with Crippen molar-refractivity contribution in [2.75, 3.05) is 5.32 Å². The number of amides is 1. The van der Waals surface area contributed by atoms with Gasteiger partial charge < -0.3 is 9.73 Å². The summed E-state index contributed by atoms with van der Waals surface area (Å²) < 4.78 is 5.21. The second-order valence-corrected chi connectivity index (χ2v) is 6.10. The Hall–Kier alpha value is -2.88. The third kappa shape index (κ3) is 3.38. The Morgan fingerprint density at radius 3 is 2.50 bits per heavy atom. The molecule has 0 atom stereocenters. The molecule has 1 heterocycles. The smallest absolute Gasteiger partial charge is 0.336 e. The molecule has 3 aromatic rings. The molecule has 0 saturated heterocycles. The average molecular weight is 321 g/mol. The summed E-state index contributed by atoms with van der Waals surface area (Å²) in [5.74, 6) is -0.104. The van der Waals surface area contributed by atoms with Crippen LogP contribution >= 0.6 is 0 Å². The minimum atomic E-state index is -0.390. The lowest BCUT2D eigenvalue weighted by Gasteiger charge is -2.08. The molecule has 0 saturated carbocycles. The van der Waals surface area contributed by atoms with Gasteiger partial charge in [0, 0.05) is 23.2 Å². The number of carbonyl (C=O) groups excluding carboxylic acids is 1. The Morgan fingerprint density at radius 2 is 1.75 bits per heavy atom. The highest BCUT2D eigenvalue weighted by atomic mass is 16.4. The van der Waals surface area contributed by atoms with E-state index < -0.39 is 5.63 Å². The summed E-state index contributed by atoms with van der Waals surface area (Å²) in [6, 6.07) is 12.8. The summed E-state index contributed by atoms with van der Waals surface area (Å²) in [5, 5.41) is 3.72. The van der Waals surface area contributed by atoms with Gasteiger partial charge in [0.25, 0.3) is 0 Å². The quantitative estimate of drug-likeness (QED) is 0.744. The van der Waals surface area contributed by atoms with Crippen LogP contribution in [0, 0.1) is 20.8 Å². The normalized spacial score (nSPS) is 10.8. The second-order valence-electron chi connectivity index (χ2n) is 6.10. The van der Waals surface area contributed by atoms with Crippen LogP contribution < -0.4 is 10.9 Å². The van der Waals surface area contributed by atoms with E-state index in [9.17, 15) is 9.59 Å². The first-order valence-corrected chi connectivity index (χ1v) is 7.83. The lowest BCUT2D eigenvalue weighted by Crippen LogP contribution is -2.14. The number of carbonyl (C=O) groups is 1. The van der Waals surface area contributed by atoms with E-state index in [-0.39, 0.29) is 5.91 Å². The number of benzene rings is 2. The largest absolute Gasteiger partial charge is 0.423 e. The molecular formula is C20H19NO3. The Morgan fingerprint density at radius 1 is 0.958 bits per heavy atom. The highest BCUT2D eigenvalue weighted by molar-refractivity contribution is 5.94. The van der Waals surface area contributed by atoms with E-state index in [4.69, 9.17) is 4.42 Å². The van der Waals surface area contributed by atoms with Gasteiger partial charge >= 0.3 is 5.63 Å². The molecule has 2 aromatic carbocycles. The molecule has 1 amide bonds. The zero-order valence-electron chi connectivity index (χ0n) is 14.0. The first kappa shape index (κ1) is 16.0. The third-order valence-corrected chi connectivity index (χ3v) is 4.17. The van der Waals surface area contributed by atoms with E-state index in [1.54, 1.807) is 6.07 Å². The fourth-order valence-corrected chi connectivity index (χ4v) is 2.71. The monoisotopic (exact) mass is 321 g/mol. The zero-order chi connectivity index (χ0) is 17.3. The molecule has 0 unspecified atom stereocenters. The van der Waals surface area contributed by atoms with Crippen LogP contribution in [0.5, 0.6) is 0 Å². The van der Waals surface area contributed by atoms with Crippen molar-refractivity contribution in [3.8, 4) is 0 Å². The summed E-state index contributed by atoms with van der Waals surface area (Å²) in [4.78, 5) is 23.7. The number of anilines is 1. The number of aryl methyl sites for hydroxylation is 3. The van der Waals surface area contributed by atoms with Crippen molar-refractivity contribution in [3.63, 3.8) is 0 Å². The number of hydrogen-bond donors (Lipinski definition) is 1. The van der Waals surface area contributed by atoms with Crippen molar-refractivity contribution < 1.29 is 9.21 Å². The molecule has 4 nitrogen and oxygen atoms in total. The molecule has 1 aromatic heterocycles. The lowest BCUT2D eigenvalue weighted by atomic mass is 10.0. The minimum absolute atomic E-state index is 0.104. The first-order chi connectivity index (χ1) is 11.4. The maximum absolute atomic E-state index is 12.2. The summed E-state index contributed by atoms with van der Waals surface area (Å²) in [5.41, 5.74) is 4.91. The van der Waals surface area contributed by atoms with Gasteiger partial charge in [-0.05, 0) is 55.2 Å². The van der Waals surface area contributed by atoms with Gasteiger partial charge in [-0.25, -0.2) is 4.79 Å². The topological polar surface area (TPSA) is 59.3 Å². The molecule has 0 aliphatic carbocycles. The van der Waals surface area contributed by atoms with Crippen molar-refractivity contribution in [1.82, 2.24) is 0 Å². The summed E-state index contributed by atoms with van der Waals surface area (Å²) in [7, 11) is 0. The van der Waals surface area contributed by atoms with Crippen molar-refractivity contribution >= 4 is 22.6 Å². The number of rotatable bonds is 3. The van der Waals surface area contributed by atoms with Crippen LogP contribution in [-0.4, -0.2) is 5.91 Å². The fourth-order valence-electron chi connectivity index (χ4n) is 2.71. The van der Waals surface area contributed by atoms with Crippen LogP contribution in [0.1, 0.15) is 22.3 Å². The molecule has 0 bridgehead atoms. The third-order valence-electron chi connectivity index (χ3n) is 4.17.